The molecule has 0 amide bonds. The lowest BCUT2D eigenvalue weighted by atomic mass is 9.83. The fourth-order valence-corrected chi connectivity index (χ4v) is 3.27. The van der Waals surface area contributed by atoms with Gasteiger partial charge in [0.05, 0.1) is 0 Å². The van der Waals surface area contributed by atoms with Crippen molar-refractivity contribution in [2.24, 2.45) is 5.41 Å². The Morgan fingerprint density at radius 1 is 1.05 bits per heavy atom. The summed E-state index contributed by atoms with van der Waals surface area (Å²) < 4.78 is 0. The third kappa shape index (κ3) is 5.83. The molecule has 1 saturated heterocycles. The van der Waals surface area contributed by atoms with E-state index >= 15 is 0 Å². The van der Waals surface area contributed by atoms with E-state index in [-0.39, 0.29) is 0 Å². The Labute approximate surface area is 121 Å². The van der Waals surface area contributed by atoms with Crippen LogP contribution in [0.2, 0.25) is 0 Å². The second-order valence-electron chi connectivity index (χ2n) is 7.33. The Kier molecular flexibility index (Phi) is 7.38. The summed E-state index contributed by atoms with van der Waals surface area (Å²) in [6.45, 7) is 15.5. The Morgan fingerprint density at radius 2 is 1.79 bits per heavy atom. The van der Waals surface area contributed by atoms with Gasteiger partial charge < -0.3 is 5.32 Å². The molecule has 1 rings (SSSR count). The quantitative estimate of drug-likeness (QED) is 0.701. The van der Waals surface area contributed by atoms with Crippen LogP contribution in [0, 0.1) is 5.41 Å². The number of nitrogens with one attached hydrogen (secondary N) is 1. The van der Waals surface area contributed by atoms with E-state index < -0.39 is 0 Å². The van der Waals surface area contributed by atoms with Gasteiger partial charge >= 0.3 is 0 Å². The van der Waals surface area contributed by atoms with E-state index in [1.807, 2.05) is 0 Å². The molecule has 0 radical (unpaired) electrons. The minimum atomic E-state index is 0.384. The van der Waals surface area contributed by atoms with Crippen LogP contribution >= 0.6 is 0 Å². The van der Waals surface area contributed by atoms with Gasteiger partial charge in [-0.2, -0.15) is 0 Å². The fraction of sp³-hybridized carbons (Fsp3) is 1.00. The van der Waals surface area contributed by atoms with Gasteiger partial charge in [-0.25, -0.2) is 0 Å². The molecule has 2 heteroatoms. The summed E-state index contributed by atoms with van der Waals surface area (Å²) in [5, 5.41) is 3.77. The normalized spacial score (nSPS) is 25.7. The van der Waals surface area contributed by atoms with Crippen LogP contribution in [0.5, 0.6) is 0 Å². The predicted molar refractivity (Wildman–Crippen MR) is 85.7 cm³/mol. The number of piperazine rings is 1. The number of nitrogens with zero attached hydrogens (tertiary/aromatic N) is 1. The van der Waals surface area contributed by atoms with Crippen molar-refractivity contribution in [3.05, 3.63) is 0 Å². The lowest BCUT2D eigenvalue weighted by Gasteiger charge is -2.46. The van der Waals surface area contributed by atoms with Gasteiger partial charge in [-0.3, -0.25) is 4.90 Å². The van der Waals surface area contributed by atoms with Gasteiger partial charge in [0.1, 0.15) is 0 Å². The van der Waals surface area contributed by atoms with Crippen LogP contribution in [-0.4, -0.2) is 36.6 Å². The SMILES string of the molecule is CCCCCCN1CC(CCC)NCC1C(C)(C)C. The molecule has 0 aromatic heterocycles. The van der Waals surface area contributed by atoms with Gasteiger partial charge in [-0.05, 0) is 24.8 Å². The number of hydrogen-bond donors (Lipinski definition) is 1. The lowest BCUT2D eigenvalue weighted by Crippen LogP contribution is -2.60. The zero-order valence-corrected chi connectivity index (χ0v) is 14.0. The molecule has 0 bridgehead atoms. The van der Waals surface area contributed by atoms with E-state index in [1.165, 1.54) is 58.2 Å². The van der Waals surface area contributed by atoms with Crippen LogP contribution in [0.25, 0.3) is 0 Å². The van der Waals surface area contributed by atoms with Crippen molar-refractivity contribution in [3.8, 4) is 0 Å². The van der Waals surface area contributed by atoms with Crippen LogP contribution in [-0.2, 0) is 0 Å². The minimum absolute atomic E-state index is 0.384. The average molecular weight is 268 g/mol. The van der Waals surface area contributed by atoms with E-state index in [2.05, 4.69) is 44.8 Å². The predicted octanol–water partition coefficient (Wildman–Crippen LogP) is 4.06. The Hall–Kier alpha value is -0.0800. The van der Waals surface area contributed by atoms with Crippen molar-refractivity contribution in [3.63, 3.8) is 0 Å². The van der Waals surface area contributed by atoms with Gasteiger partial charge in [0.2, 0.25) is 0 Å². The van der Waals surface area contributed by atoms with Crippen LogP contribution in [0.1, 0.15) is 73.1 Å². The molecule has 19 heavy (non-hydrogen) atoms. The highest BCUT2D eigenvalue weighted by Crippen LogP contribution is 2.27. The highest BCUT2D eigenvalue weighted by Gasteiger charge is 2.34. The van der Waals surface area contributed by atoms with Gasteiger partial charge in [-0.1, -0.05) is 60.3 Å². The smallest absolute Gasteiger partial charge is 0.0269 e. The molecular formula is C17H36N2. The first kappa shape index (κ1) is 17.0. The second kappa shape index (κ2) is 8.26. The number of unbranched alkanes of at least 4 members (excludes halogenated alkanes) is 3. The lowest BCUT2D eigenvalue weighted by molar-refractivity contribution is 0.0524. The number of hydrogen-bond acceptors (Lipinski definition) is 2. The van der Waals surface area contributed by atoms with Crippen molar-refractivity contribution in [2.45, 2.75) is 85.2 Å². The molecule has 1 aliphatic heterocycles. The van der Waals surface area contributed by atoms with E-state index in [0.717, 1.165) is 6.04 Å². The van der Waals surface area contributed by atoms with Crippen molar-refractivity contribution >= 4 is 0 Å². The molecule has 0 saturated carbocycles. The summed E-state index contributed by atoms with van der Waals surface area (Å²) in [4.78, 5) is 2.77. The summed E-state index contributed by atoms with van der Waals surface area (Å²) >= 11 is 0. The summed E-state index contributed by atoms with van der Waals surface area (Å²) in [6.07, 6.45) is 8.12. The third-order valence-corrected chi connectivity index (χ3v) is 4.43. The molecule has 1 fully saturated rings. The first-order chi connectivity index (χ1) is 8.99. The Morgan fingerprint density at radius 3 is 2.37 bits per heavy atom. The van der Waals surface area contributed by atoms with Gasteiger partial charge in [-0.15, -0.1) is 0 Å². The van der Waals surface area contributed by atoms with Gasteiger partial charge in [0.15, 0.2) is 0 Å². The molecule has 0 aromatic rings. The maximum Gasteiger partial charge on any atom is 0.0269 e. The highest BCUT2D eigenvalue weighted by atomic mass is 15.2. The van der Waals surface area contributed by atoms with E-state index in [4.69, 9.17) is 0 Å². The highest BCUT2D eigenvalue weighted by molar-refractivity contribution is 4.92. The second-order valence-corrected chi connectivity index (χ2v) is 7.33. The molecular weight excluding hydrogens is 232 g/mol. The minimum Gasteiger partial charge on any atom is -0.311 e. The molecule has 114 valence electrons. The maximum atomic E-state index is 3.77. The first-order valence-corrected chi connectivity index (χ1v) is 8.46. The first-order valence-electron chi connectivity index (χ1n) is 8.46. The molecule has 1 aliphatic rings. The molecule has 0 aromatic carbocycles. The zero-order chi connectivity index (χ0) is 14.3. The molecule has 2 atom stereocenters. The van der Waals surface area contributed by atoms with Crippen LogP contribution in [0.15, 0.2) is 0 Å². The summed E-state index contributed by atoms with van der Waals surface area (Å²) in [6, 6.07) is 1.41. The average Bonchev–Trinajstić information content (AvgIpc) is 2.34. The van der Waals surface area contributed by atoms with Crippen LogP contribution in [0.4, 0.5) is 0 Å². The van der Waals surface area contributed by atoms with Crippen LogP contribution in [0.3, 0.4) is 0 Å². The standard InChI is InChI=1S/C17H36N2/c1-6-8-9-10-12-19-14-15(11-7-2)18-13-16(19)17(3,4)5/h15-16,18H,6-14H2,1-5H3. The summed E-state index contributed by atoms with van der Waals surface area (Å²) in [7, 11) is 0. The van der Waals surface area contributed by atoms with E-state index in [1.54, 1.807) is 0 Å². The van der Waals surface area contributed by atoms with Crippen molar-refractivity contribution < 1.29 is 0 Å². The molecule has 1 heterocycles. The largest absolute Gasteiger partial charge is 0.311 e. The topological polar surface area (TPSA) is 15.3 Å². The van der Waals surface area contributed by atoms with E-state index in [9.17, 15) is 0 Å². The van der Waals surface area contributed by atoms with Crippen molar-refractivity contribution in [1.29, 1.82) is 0 Å². The molecule has 0 spiro atoms. The number of rotatable bonds is 7. The third-order valence-electron chi connectivity index (χ3n) is 4.43. The Bertz CT molecular complexity index is 232. The monoisotopic (exact) mass is 268 g/mol. The van der Waals surface area contributed by atoms with Gasteiger partial charge in [0.25, 0.3) is 0 Å². The molecule has 0 aliphatic carbocycles. The fourth-order valence-electron chi connectivity index (χ4n) is 3.27. The zero-order valence-electron chi connectivity index (χ0n) is 14.0. The maximum absolute atomic E-state index is 3.77. The van der Waals surface area contributed by atoms with E-state index in [0.29, 0.717) is 11.5 Å². The van der Waals surface area contributed by atoms with Gasteiger partial charge in [0, 0.05) is 25.2 Å². The van der Waals surface area contributed by atoms with Crippen molar-refractivity contribution in [2.75, 3.05) is 19.6 Å². The van der Waals surface area contributed by atoms with Crippen LogP contribution < -0.4 is 5.32 Å². The summed E-state index contributed by atoms with van der Waals surface area (Å²) in [5.41, 5.74) is 0.384. The van der Waals surface area contributed by atoms with Crippen molar-refractivity contribution in [1.82, 2.24) is 10.2 Å². The molecule has 2 nitrogen and oxygen atoms in total. The molecule has 2 unspecified atom stereocenters. The molecule has 1 N–H and O–H groups in total. The Balaban J connectivity index is 2.50. The summed E-state index contributed by atoms with van der Waals surface area (Å²) in [5.74, 6) is 0.